The minimum absolute atomic E-state index is 0.0823. The van der Waals surface area contributed by atoms with Crippen molar-refractivity contribution in [1.29, 1.82) is 0 Å². The van der Waals surface area contributed by atoms with E-state index in [1.54, 1.807) is 12.3 Å². The molecule has 1 aliphatic rings. The molecule has 0 saturated heterocycles. The van der Waals surface area contributed by atoms with E-state index < -0.39 is 0 Å². The number of carbonyl (C=O) groups excluding carboxylic acids is 1. The summed E-state index contributed by atoms with van der Waals surface area (Å²) in [4.78, 5) is 25.1. The molecule has 0 radical (unpaired) electrons. The van der Waals surface area contributed by atoms with Crippen molar-refractivity contribution >= 4 is 28.1 Å². The lowest BCUT2D eigenvalue weighted by Crippen LogP contribution is -2.31. The van der Waals surface area contributed by atoms with Crippen molar-refractivity contribution in [2.75, 3.05) is 12.3 Å². The van der Waals surface area contributed by atoms with E-state index in [2.05, 4.69) is 37.9 Å². The summed E-state index contributed by atoms with van der Waals surface area (Å²) >= 11 is 0. The summed E-state index contributed by atoms with van der Waals surface area (Å²) in [5, 5.41) is 4.18. The topological polar surface area (TPSA) is 114 Å². The minimum atomic E-state index is -0.0823. The molecule has 4 aromatic heterocycles. The number of nitrogens with zero attached hydrogens (tertiary/aromatic N) is 3. The Morgan fingerprint density at radius 1 is 1.21 bits per heavy atom. The normalized spacial score (nSPS) is 18.5. The molecule has 1 fully saturated rings. The Balaban J connectivity index is 1.23. The van der Waals surface area contributed by atoms with Gasteiger partial charge in [0.15, 0.2) is 0 Å². The number of anilines is 1. The number of fused-ring (bicyclic) bond motifs is 2. The largest absolute Gasteiger partial charge is 0.472 e. The van der Waals surface area contributed by atoms with Gasteiger partial charge < -0.3 is 20.5 Å². The molecule has 1 aromatic carbocycles. The molecular weight excluding hydrogens is 428 g/mol. The lowest BCUT2D eigenvalue weighted by atomic mass is 9.81. The molecule has 0 aliphatic heterocycles. The lowest BCUT2D eigenvalue weighted by Gasteiger charge is -2.28. The number of benzene rings is 1. The summed E-state index contributed by atoms with van der Waals surface area (Å²) < 4.78 is 7.11. The van der Waals surface area contributed by atoms with Crippen LogP contribution in [0.25, 0.3) is 27.8 Å². The monoisotopic (exact) mass is 454 g/mol. The summed E-state index contributed by atoms with van der Waals surface area (Å²) in [5.74, 6) is 2.21. The second-order valence-corrected chi connectivity index (χ2v) is 9.06. The minimum Gasteiger partial charge on any atom is -0.472 e. The highest BCUT2D eigenvalue weighted by atomic mass is 16.3. The molecule has 0 bridgehead atoms. The fourth-order valence-electron chi connectivity index (χ4n) is 5.12. The molecule has 1 amide bonds. The first kappa shape index (κ1) is 20.5. The van der Waals surface area contributed by atoms with Crippen molar-refractivity contribution in [3.05, 3.63) is 72.7 Å². The van der Waals surface area contributed by atoms with Crippen molar-refractivity contribution in [2.45, 2.75) is 31.6 Å². The van der Waals surface area contributed by atoms with E-state index in [0.29, 0.717) is 29.8 Å². The van der Waals surface area contributed by atoms with Crippen LogP contribution in [0.4, 0.5) is 5.82 Å². The number of imidazole rings is 1. The van der Waals surface area contributed by atoms with Gasteiger partial charge >= 0.3 is 0 Å². The highest BCUT2D eigenvalue weighted by Crippen LogP contribution is 2.38. The zero-order valence-electron chi connectivity index (χ0n) is 18.7. The quantitative estimate of drug-likeness (QED) is 0.354. The maximum Gasteiger partial charge on any atom is 0.254 e. The van der Waals surface area contributed by atoms with E-state index in [-0.39, 0.29) is 5.91 Å². The van der Waals surface area contributed by atoms with Crippen molar-refractivity contribution in [3.63, 3.8) is 0 Å². The third-order valence-corrected chi connectivity index (χ3v) is 6.94. The zero-order chi connectivity index (χ0) is 23.1. The Kier molecular flexibility index (Phi) is 5.05. The van der Waals surface area contributed by atoms with Crippen LogP contribution in [0, 0.1) is 5.92 Å². The van der Waals surface area contributed by atoms with Gasteiger partial charge in [0.1, 0.15) is 29.1 Å². The van der Waals surface area contributed by atoms with E-state index in [1.807, 2.05) is 18.3 Å². The molecule has 34 heavy (non-hydrogen) atoms. The number of H-pyrrole nitrogens is 1. The molecule has 0 unspecified atom stereocenters. The number of furan rings is 1. The zero-order valence-corrected chi connectivity index (χ0v) is 18.7. The number of hydrogen-bond acceptors (Lipinski definition) is 5. The molecule has 1 aliphatic carbocycles. The van der Waals surface area contributed by atoms with Crippen LogP contribution in [-0.4, -0.2) is 31.8 Å². The van der Waals surface area contributed by atoms with Crippen LogP contribution in [0.3, 0.4) is 0 Å². The number of carbonyl (C=O) groups is 1. The molecule has 172 valence electrons. The van der Waals surface area contributed by atoms with Gasteiger partial charge in [0.25, 0.3) is 5.91 Å². The molecule has 4 N–H and O–H groups in total. The van der Waals surface area contributed by atoms with Crippen LogP contribution in [0.5, 0.6) is 0 Å². The van der Waals surface area contributed by atoms with Gasteiger partial charge in [-0.15, -0.1) is 0 Å². The molecule has 6 rings (SSSR count). The average molecular weight is 455 g/mol. The number of amides is 1. The van der Waals surface area contributed by atoms with E-state index in [1.165, 1.54) is 12.5 Å². The lowest BCUT2D eigenvalue weighted by molar-refractivity contribution is 0.0942. The standard InChI is InChI=1S/C26H26N6O2/c27-24-23-22(21-13-18-3-1-2-4-20(18)30-21)31-25(32(23)11-10-28-24)17-7-5-16(6-8-17)14-29-26(33)19-9-12-34-15-19/h1-4,9-13,15-17,30H,5-8,14H2,(H2,27,28)(H,29,33)/t16-,17-. The summed E-state index contributed by atoms with van der Waals surface area (Å²) in [5.41, 5.74) is 10.6. The number of rotatable bonds is 5. The van der Waals surface area contributed by atoms with Crippen molar-refractivity contribution in [2.24, 2.45) is 5.92 Å². The van der Waals surface area contributed by atoms with E-state index >= 15 is 0 Å². The Morgan fingerprint density at radius 3 is 2.85 bits per heavy atom. The Hall–Kier alpha value is -4.07. The Labute approximate surface area is 196 Å². The predicted molar refractivity (Wildman–Crippen MR) is 130 cm³/mol. The predicted octanol–water partition coefficient (Wildman–Crippen LogP) is 4.76. The van der Waals surface area contributed by atoms with Crippen LogP contribution < -0.4 is 11.1 Å². The summed E-state index contributed by atoms with van der Waals surface area (Å²) in [6, 6.07) is 12.0. The van der Waals surface area contributed by atoms with E-state index in [9.17, 15) is 4.79 Å². The van der Waals surface area contributed by atoms with Gasteiger partial charge in [-0.1, -0.05) is 18.2 Å². The van der Waals surface area contributed by atoms with Gasteiger partial charge in [-0.2, -0.15) is 0 Å². The summed E-state index contributed by atoms with van der Waals surface area (Å²) in [6.07, 6.45) is 10.8. The molecule has 0 spiro atoms. The number of hydrogen-bond donors (Lipinski definition) is 3. The van der Waals surface area contributed by atoms with E-state index in [4.69, 9.17) is 15.1 Å². The van der Waals surface area contributed by atoms with Crippen LogP contribution >= 0.6 is 0 Å². The third kappa shape index (κ3) is 3.61. The highest BCUT2D eigenvalue weighted by Gasteiger charge is 2.28. The Morgan fingerprint density at radius 2 is 2.06 bits per heavy atom. The molecule has 5 aromatic rings. The number of nitrogens with two attached hydrogens (primary N) is 1. The van der Waals surface area contributed by atoms with Gasteiger partial charge in [-0.3, -0.25) is 9.20 Å². The number of para-hydroxylation sites is 1. The highest BCUT2D eigenvalue weighted by molar-refractivity contribution is 5.93. The van der Waals surface area contributed by atoms with Gasteiger partial charge in [0, 0.05) is 35.8 Å². The van der Waals surface area contributed by atoms with Gasteiger partial charge in [-0.05, 0) is 49.8 Å². The fourth-order valence-corrected chi connectivity index (χ4v) is 5.12. The molecule has 0 atom stereocenters. The van der Waals surface area contributed by atoms with Crippen LogP contribution in [0.15, 0.2) is 65.7 Å². The fraction of sp³-hybridized carbons (Fsp3) is 0.269. The van der Waals surface area contributed by atoms with Gasteiger partial charge in [0.05, 0.1) is 17.5 Å². The van der Waals surface area contributed by atoms with Crippen LogP contribution in [-0.2, 0) is 0 Å². The maximum atomic E-state index is 12.2. The SMILES string of the molecule is Nc1nccn2c1c(-c1cc3ccccc3[nH]1)nc2[C@H]1CC[C@H](CNC(=O)c2ccoc2)CC1. The molecule has 1 saturated carbocycles. The second-order valence-electron chi connectivity index (χ2n) is 9.06. The second kappa shape index (κ2) is 8.37. The first-order valence-corrected chi connectivity index (χ1v) is 11.7. The molecule has 8 heteroatoms. The van der Waals surface area contributed by atoms with Crippen LogP contribution in [0.1, 0.15) is 47.8 Å². The number of aromatic amines is 1. The van der Waals surface area contributed by atoms with Crippen LogP contribution in [0.2, 0.25) is 0 Å². The maximum absolute atomic E-state index is 12.2. The van der Waals surface area contributed by atoms with Crippen molar-refractivity contribution in [3.8, 4) is 11.4 Å². The smallest absolute Gasteiger partial charge is 0.254 e. The van der Waals surface area contributed by atoms with Crippen molar-refractivity contribution in [1.82, 2.24) is 24.7 Å². The number of nitrogen functional groups attached to an aromatic ring is 1. The first-order valence-electron chi connectivity index (χ1n) is 11.7. The van der Waals surface area contributed by atoms with Gasteiger partial charge in [0.2, 0.25) is 0 Å². The molecular formula is C26H26N6O2. The first-order chi connectivity index (χ1) is 16.7. The Bertz CT molecular complexity index is 1420. The van der Waals surface area contributed by atoms with Gasteiger partial charge in [-0.25, -0.2) is 9.97 Å². The molecule has 8 nitrogen and oxygen atoms in total. The van der Waals surface area contributed by atoms with E-state index in [0.717, 1.165) is 59.3 Å². The number of nitrogens with one attached hydrogen (secondary N) is 2. The summed E-state index contributed by atoms with van der Waals surface area (Å²) in [6.45, 7) is 0.677. The number of aromatic nitrogens is 4. The average Bonchev–Trinajstić information content (AvgIpc) is 3.61. The third-order valence-electron chi connectivity index (χ3n) is 6.94. The van der Waals surface area contributed by atoms with Crippen molar-refractivity contribution < 1.29 is 9.21 Å². The molecule has 4 heterocycles. The summed E-state index contributed by atoms with van der Waals surface area (Å²) in [7, 11) is 0.